The van der Waals surface area contributed by atoms with Gasteiger partial charge in [-0.25, -0.2) is 0 Å². The number of benzene rings is 7. The molecule has 4 nitrogen and oxygen atoms in total. The molecule has 8 rings (SSSR count). The molecule has 196 valence electrons. The highest BCUT2D eigenvalue weighted by atomic mass is 16.3. The van der Waals surface area contributed by atoms with Crippen molar-refractivity contribution >= 4 is 32.3 Å². The van der Waals surface area contributed by atoms with Crippen molar-refractivity contribution < 1.29 is 20.4 Å². The average molecular weight is 533 g/mol. The fourth-order valence-corrected chi connectivity index (χ4v) is 6.77. The molecule has 41 heavy (non-hydrogen) atoms. The summed E-state index contributed by atoms with van der Waals surface area (Å²) in [6.07, 6.45) is 0. The van der Waals surface area contributed by atoms with E-state index in [1.54, 1.807) is 24.3 Å². The summed E-state index contributed by atoms with van der Waals surface area (Å²) in [5.74, 6) is -0.632. The Morgan fingerprint density at radius 1 is 0.341 bits per heavy atom. The number of phenols is 4. The van der Waals surface area contributed by atoms with E-state index in [0.717, 1.165) is 65.7 Å². The number of rotatable bonds is 2. The summed E-state index contributed by atoms with van der Waals surface area (Å²) in [5.41, 5.74) is 5.88. The van der Waals surface area contributed by atoms with Gasteiger partial charge < -0.3 is 20.4 Å². The maximum Gasteiger partial charge on any atom is 0.158 e. The van der Waals surface area contributed by atoms with Gasteiger partial charge in [0.1, 0.15) is 0 Å². The van der Waals surface area contributed by atoms with Gasteiger partial charge in [-0.3, -0.25) is 0 Å². The lowest BCUT2D eigenvalue weighted by Gasteiger charge is -2.34. The molecule has 0 aliphatic heterocycles. The standard InChI is InChI=1S/C37H24O4/c38-33-17-23-9-11-27(13-25(23)19-35(33)40)37(28-12-10-24-18-34(39)36(41)20-26(24)14-28)31-8-4-3-7-29(31)30-15-21-5-1-2-6-22(21)16-32(30)37/h1-20,38-41H. The van der Waals surface area contributed by atoms with E-state index in [2.05, 4.69) is 84.9 Å². The van der Waals surface area contributed by atoms with Gasteiger partial charge in [0.25, 0.3) is 0 Å². The summed E-state index contributed by atoms with van der Waals surface area (Å²) < 4.78 is 0. The van der Waals surface area contributed by atoms with Crippen molar-refractivity contribution in [1.82, 2.24) is 0 Å². The minimum atomic E-state index is -0.723. The second kappa shape index (κ2) is 8.26. The predicted molar refractivity (Wildman–Crippen MR) is 163 cm³/mol. The van der Waals surface area contributed by atoms with Crippen LogP contribution < -0.4 is 0 Å². The molecular weight excluding hydrogens is 508 g/mol. The minimum absolute atomic E-state index is 0.152. The lowest BCUT2D eigenvalue weighted by Crippen LogP contribution is -2.28. The van der Waals surface area contributed by atoms with Gasteiger partial charge in [-0.1, -0.05) is 72.8 Å². The van der Waals surface area contributed by atoms with Gasteiger partial charge in [-0.2, -0.15) is 0 Å². The van der Waals surface area contributed by atoms with Crippen LogP contribution in [0, 0.1) is 0 Å². The van der Waals surface area contributed by atoms with Gasteiger partial charge in [0, 0.05) is 0 Å². The first-order chi connectivity index (χ1) is 19.9. The number of aromatic hydroxyl groups is 4. The Labute approximate surface area is 235 Å². The molecule has 0 heterocycles. The second-order valence-electron chi connectivity index (χ2n) is 10.8. The summed E-state index contributed by atoms with van der Waals surface area (Å²) >= 11 is 0. The van der Waals surface area contributed by atoms with Crippen molar-refractivity contribution in [2.45, 2.75) is 5.41 Å². The van der Waals surface area contributed by atoms with Crippen LogP contribution in [-0.2, 0) is 5.41 Å². The van der Waals surface area contributed by atoms with Crippen molar-refractivity contribution in [2.75, 3.05) is 0 Å². The van der Waals surface area contributed by atoms with E-state index < -0.39 is 5.41 Å². The van der Waals surface area contributed by atoms with Crippen LogP contribution in [0.1, 0.15) is 22.3 Å². The first-order valence-corrected chi connectivity index (χ1v) is 13.5. The molecule has 0 spiro atoms. The Kier molecular flexibility index (Phi) is 4.72. The van der Waals surface area contributed by atoms with E-state index in [-0.39, 0.29) is 23.0 Å². The zero-order valence-corrected chi connectivity index (χ0v) is 21.8. The summed E-state index contributed by atoms with van der Waals surface area (Å²) in [6.45, 7) is 0. The fraction of sp³-hybridized carbons (Fsp3) is 0.0270. The molecule has 0 radical (unpaired) electrons. The van der Waals surface area contributed by atoms with Crippen LogP contribution in [0.15, 0.2) is 121 Å². The van der Waals surface area contributed by atoms with Crippen LogP contribution in [0.3, 0.4) is 0 Å². The van der Waals surface area contributed by atoms with Gasteiger partial charge in [-0.15, -0.1) is 0 Å². The molecule has 4 N–H and O–H groups in total. The fourth-order valence-electron chi connectivity index (χ4n) is 6.77. The molecule has 0 saturated heterocycles. The molecule has 0 saturated carbocycles. The molecule has 1 aliphatic carbocycles. The maximum absolute atomic E-state index is 10.4. The highest BCUT2D eigenvalue weighted by Crippen LogP contribution is 2.57. The number of fused-ring (bicyclic) bond motifs is 6. The Bertz CT molecular complexity index is 2120. The summed E-state index contributed by atoms with van der Waals surface area (Å²) in [7, 11) is 0. The van der Waals surface area contributed by atoms with Crippen LogP contribution in [0.4, 0.5) is 0 Å². The van der Waals surface area contributed by atoms with Crippen molar-refractivity contribution in [3.63, 3.8) is 0 Å². The van der Waals surface area contributed by atoms with Crippen molar-refractivity contribution in [3.05, 3.63) is 144 Å². The minimum Gasteiger partial charge on any atom is -0.504 e. The van der Waals surface area contributed by atoms with Crippen molar-refractivity contribution in [2.24, 2.45) is 0 Å². The van der Waals surface area contributed by atoms with Gasteiger partial charge in [0.15, 0.2) is 23.0 Å². The average Bonchev–Trinajstić information content (AvgIpc) is 3.27. The smallest absolute Gasteiger partial charge is 0.158 e. The molecule has 0 bridgehead atoms. The van der Waals surface area contributed by atoms with Crippen LogP contribution in [0.2, 0.25) is 0 Å². The van der Waals surface area contributed by atoms with Crippen molar-refractivity contribution in [1.29, 1.82) is 0 Å². The first kappa shape index (κ1) is 23.4. The van der Waals surface area contributed by atoms with E-state index in [0.29, 0.717) is 0 Å². The molecule has 0 atom stereocenters. The van der Waals surface area contributed by atoms with Gasteiger partial charge in [-0.05, 0) is 114 Å². The number of phenolic OH excluding ortho intramolecular Hbond substituents is 4. The van der Waals surface area contributed by atoms with Crippen LogP contribution in [0.25, 0.3) is 43.4 Å². The summed E-state index contributed by atoms with van der Waals surface area (Å²) in [5, 5.41) is 46.6. The summed E-state index contributed by atoms with van der Waals surface area (Å²) in [4.78, 5) is 0. The van der Waals surface area contributed by atoms with Crippen LogP contribution in [0.5, 0.6) is 23.0 Å². The highest BCUT2D eigenvalue weighted by molar-refractivity contribution is 5.98. The molecule has 0 amide bonds. The molecule has 0 unspecified atom stereocenters. The predicted octanol–water partition coefficient (Wildman–Crippen LogP) is 8.33. The lowest BCUT2D eigenvalue weighted by atomic mass is 9.67. The van der Waals surface area contributed by atoms with E-state index in [1.165, 1.54) is 0 Å². The maximum atomic E-state index is 10.4. The van der Waals surface area contributed by atoms with Crippen LogP contribution >= 0.6 is 0 Å². The first-order valence-electron chi connectivity index (χ1n) is 13.5. The molecule has 7 aromatic rings. The summed E-state index contributed by atoms with van der Waals surface area (Å²) in [6, 6.07) is 40.1. The monoisotopic (exact) mass is 532 g/mol. The second-order valence-corrected chi connectivity index (χ2v) is 10.8. The van der Waals surface area contributed by atoms with E-state index >= 15 is 0 Å². The van der Waals surface area contributed by atoms with E-state index in [1.807, 2.05) is 12.1 Å². The van der Waals surface area contributed by atoms with Gasteiger partial charge in [0.05, 0.1) is 5.41 Å². The zero-order valence-electron chi connectivity index (χ0n) is 21.8. The molecule has 0 fully saturated rings. The third kappa shape index (κ3) is 3.22. The molecule has 1 aliphatic rings. The Balaban J connectivity index is 1.54. The largest absolute Gasteiger partial charge is 0.504 e. The van der Waals surface area contributed by atoms with Gasteiger partial charge in [0.2, 0.25) is 0 Å². The third-order valence-electron chi connectivity index (χ3n) is 8.64. The Morgan fingerprint density at radius 2 is 0.805 bits per heavy atom. The van der Waals surface area contributed by atoms with E-state index in [4.69, 9.17) is 0 Å². The third-order valence-corrected chi connectivity index (χ3v) is 8.64. The lowest BCUT2D eigenvalue weighted by molar-refractivity contribution is 0.405. The highest BCUT2D eigenvalue weighted by Gasteiger charge is 2.46. The van der Waals surface area contributed by atoms with E-state index in [9.17, 15) is 20.4 Å². The quantitative estimate of drug-likeness (QED) is 0.169. The SMILES string of the molecule is Oc1cc2ccc(C3(c4ccc5cc(O)c(O)cc5c4)c4ccccc4-c4cc5ccccc5cc43)cc2cc1O. The topological polar surface area (TPSA) is 80.9 Å². The molecule has 0 aromatic heterocycles. The molecule has 7 aromatic carbocycles. The number of hydrogen-bond donors (Lipinski definition) is 4. The Hall–Kier alpha value is -5.48. The van der Waals surface area contributed by atoms with Crippen LogP contribution in [-0.4, -0.2) is 20.4 Å². The molecule has 4 heteroatoms. The molecular formula is C37H24O4. The zero-order chi connectivity index (χ0) is 27.9. The Morgan fingerprint density at radius 3 is 1.39 bits per heavy atom. The number of hydrogen-bond acceptors (Lipinski definition) is 4. The van der Waals surface area contributed by atoms with Crippen molar-refractivity contribution in [3.8, 4) is 34.1 Å². The van der Waals surface area contributed by atoms with Gasteiger partial charge >= 0.3 is 0 Å². The normalized spacial score (nSPS) is 13.5.